The molecule has 0 spiro atoms. The molecular formula is C20H19N5O3. The van der Waals surface area contributed by atoms with Crippen LogP contribution in [0.25, 0.3) is 5.65 Å². The molecule has 8 nitrogen and oxygen atoms in total. The number of hydrogen-bond acceptors (Lipinski definition) is 6. The lowest BCUT2D eigenvalue weighted by atomic mass is 10.2. The molecule has 1 aliphatic heterocycles. The smallest absolute Gasteiger partial charge is 0.271 e. The number of nitrogens with one attached hydrogen (secondary N) is 1. The monoisotopic (exact) mass is 377 g/mol. The van der Waals surface area contributed by atoms with Crippen molar-refractivity contribution >= 4 is 23.6 Å². The molecule has 4 rings (SSSR count). The van der Waals surface area contributed by atoms with Crippen LogP contribution >= 0.6 is 0 Å². The summed E-state index contributed by atoms with van der Waals surface area (Å²) in [5.74, 6) is 0.191. The van der Waals surface area contributed by atoms with Crippen molar-refractivity contribution in [2.24, 2.45) is 5.10 Å². The average molecular weight is 377 g/mol. The van der Waals surface area contributed by atoms with E-state index in [1.165, 1.54) is 10.6 Å². The van der Waals surface area contributed by atoms with Crippen LogP contribution in [0.3, 0.4) is 0 Å². The highest BCUT2D eigenvalue weighted by atomic mass is 16.5. The number of hydrogen-bond donors (Lipinski definition) is 1. The number of carbonyl (C=O) groups excluding carboxylic acids is 1. The van der Waals surface area contributed by atoms with Gasteiger partial charge in [-0.05, 0) is 24.3 Å². The molecule has 0 aliphatic carbocycles. The minimum atomic E-state index is -0.348. The molecule has 8 heteroatoms. The fourth-order valence-corrected chi connectivity index (χ4v) is 3.03. The molecule has 1 aromatic carbocycles. The van der Waals surface area contributed by atoms with Crippen molar-refractivity contribution in [1.82, 2.24) is 14.8 Å². The van der Waals surface area contributed by atoms with Gasteiger partial charge in [-0.1, -0.05) is 24.3 Å². The first-order valence-electron chi connectivity index (χ1n) is 8.96. The molecular weight excluding hydrogens is 358 g/mol. The highest BCUT2D eigenvalue weighted by Gasteiger charge is 2.19. The van der Waals surface area contributed by atoms with Gasteiger partial charge in [-0.25, -0.2) is 10.4 Å². The van der Waals surface area contributed by atoms with Crippen molar-refractivity contribution in [2.45, 2.75) is 0 Å². The largest absolute Gasteiger partial charge is 0.378 e. The van der Waals surface area contributed by atoms with E-state index in [-0.39, 0.29) is 11.5 Å². The lowest BCUT2D eigenvalue weighted by Gasteiger charge is -2.28. The summed E-state index contributed by atoms with van der Waals surface area (Å²) in [6.45, 7) is 2.40. The summed E-state index contributed by atoms with van der Waals surface area (Å²) in [7, 11) is 0. The summed E-state index contributed by atoms with van der Waals surface area (Å²) in [6.07, 6.45) is 3.02. The molecule has 142 valence electrons. The number of ether oxygens (including phenoxy) is 1. The lowest BCUT2D eigenvalue weighted by Crippen LogP contribution is -2.39. The molecule has 3 aromatic rings. The van der Waals surface area contributed by atoms with Crippen molar-refractivity contribution in [3.63, 3.8) is 0 Å². The first kappa shape index (κ1) is 17.9. The third-order valence-corrected chi connectivity index (χ3v) is 4.46. The number of amides is 1. The van der Waals surface area contributed by atoms with Crippen LogP contribution < -0.4 is 15.9 Å². The number of nitrogens with zero attached hydrogens (tertiary/aromatic N) is 4. The van der Waals surface area contributed by atoms with Crippen LogP contribution in [0.1, 0.15) is 15.9 Å². The van der Waals surface area contributed by atoms with Crippen LogP contribution in [-0.4, -0.2) is 47.8 Å². The Morgan fingerprint density at radius 3 is 2.64 bits per heavy atom. The van der Waals surface area contributed by atoms with Crippen LogP contribution in [0.5, 0.6) is 0 Å². The van der Waals surface area contributed by atoms with Gasteiger partial charge < -0.3 is 9.64 Å². The van der Waals surface area contributed by atoms with E-state index in [0.29, 0.717) is 48.9 Å². The lowest BCUT2D eigenvalue weighted by molar-refractivity contribution is 0.0955. The Labute approximate surface area is 161 Å². The average Bonchev–Trinajstić information content (AvgIpc) is 2.76. The molecule has 3 heterocycles. The third-order valence-electron chi connectivity index (χ3n) is 4.46. The maximum absolute atomic E-state index is 13.0. The van der Waals surface area contributed by atoms with Gasteiger partial charge in [0.05, 0.1) is 19.4 Å². The Balaban J connectivity index is 1.69. The van der Waals surface area contributed by atoms with Crippen molar-refractivity contribution in [3.8, 4) is 0 Å². The predicted molar refractivity (Wildman–Crippen MR) is 106 cm³/mol. The Bertz CT molecular complexity index is 1070. The van der Waals surface area contributed by atoms with E-state index in [1.54, 1.807) is 42.6 Å². The number of morpholine rings is 1. The van der Waals surface area contributed by atoms with Crippen LogP contribution in [0, 0.1) is 0 Å². The zero-order valence-electron chi connectivity index (χ0n) is 15.1. The summed E-state index contributed by atoms with van der Waals surface area (Å²) in [4.78, 5) is 31.8. The van der Waals surface area contributed by atoms with E-state index in [1.807, 2.05) is 17.0 Å². The van der Waals surface area contributed by atoms with Gasteiger partial charge >= 0.3 is 0 Å². The minimum Gasteiger partial charge on any atom is -0.378 e. The van der Waals surface area contributed by atoms with Gasteiger partial charge in [0.2, 0.25) is 0 Å². The fraction of sp³-hybridized carbons (Fsp3) is 0.200. The van der Waals surface area contributed by atoms with Crippen LogP contribution in [-0.2, 0) is 4.74 Å². The molecule has 1 fully saturated rings. The molecule has 0 radical (unpaired) electrons. The van der Waals surface area contributed by atoms with E-state index in [2.05, 4.69) is 15.5 Å². The summed E-state index contributed by atoms with van der Waals surface area (Å²) < 4.78 is 6.86. The van der Waals surface area contributed by atoms with Gasteiger partial charge in [0.15, 0.2) is 0 Å². The van der Waals surface area contributed by atoms with Crippen molar-refractivity contribution < 1.29 is 9.53 Å². The molecule has 0 bridgehead atoms. The number of rotatable bonds is 4. The molecule has 1 N–H and O–H groups in total. The van der Waals surface area contributed by atoms with Crippen molar-refractivity contribution in [3.05, 3.63) is 76.2 Å². The molecule has 2 aromatic heterocycles. The number of anilines is 1. The number of benzene rings is 1. The molecule has 1 aliphatic rings. The Hall–Kier alpha value is -3.52. The van der Waals surface area contributed by atoms with Crippen molar-refractivity contribution in [2.75, 3.05) is 31.2 Å². The van der Waals surface area contributed by atoms with E-state index in [4.69, 9.17) is 4.74 Å². The topological polar surface area (TPSA) is 88.3 Å². The minimum absolute atomic E-state index is 0.246. The molecule has 1 amide bonds. The second kappa shape index (κ2) is 8.01. The summed E-state index contributed by atoms with van der Waals surface area (Å²) in [5, 5.41) is 4.01. The Kier molecular flexibility index (Phi) is 5.11. The van der Waals surface area contributed by atoms with Gasteiger partial charge in [-0.15, -0.1) is 0 Å². The Morgan fingerprint density at radius 1 is 1.11 bits per heavy atom. The Morgan fingerprint density at radius 2 is 1.86 bits per heavy atom. The zero-order valence-corrected chi connectivity index (χ0v) is 15.1. The molecule has 1 saturated heterocycles. The van der Waals surface area contributed by atoms with E-state index in [9.17, 15) is 9.59 Å². The zero-order chi connectivity index (χ0) is 19.3. The molecule has 0 saturated carbocycles. The number of carbonyl (C=O) groups is 1. The molecule has 28 heavy (non-hydrogen) atoms. The number of hydrazone groups is 1. The third kappa shape index (κ3) is 3.63. The van der Waals surface area contributed by atoms with E-state index < -0.39 is 0 Å². The predicted octanol–water partition coefficient (Wildman–Crippen LogP) is 1.29. The summed E-state index contributed by atoms with van der Waals surface area (Å²) >= 11 is 0. The molecule has 0 atom stereocenters. The second-order valence-corrected chi connectivity index (χ2v) is 6.25. The standard InChI is InChI=1S/C20H19N5O3/c26-19(15-6-2-1-3-7-15)23-21-14-16-18(24-10-12-28-13-11-24)22-17-8-4-5-9-25(17)20(16)27/h1-9,14H,10-13H2,(H,23,26). The quantitative estimate of drug-likeness (QED) is 0.547. The first-order chi connectivity index (χ1) is 13.7. The van der Waals surface area contributed by atoms with Gasteiger partial charge in [0.1, 0.15) is 17.0 Å². The highest BCUT2D eigenvalue weighted by molar-refractivity contribution is 5.95. The van der Waals surface area contributed by atoms with Crippen LogP contribution in [0.4, 0.5) is 5.82 Å². The van der Waals surface area contributed by atoms with Gasteiger partial charge in [0, 0.05) is 24.8 Å². The van der Waals surface area contributed by atoms with Gasteiger partial charge in [-0.3, -0.25) is 14.0 Å². The fourth-order valence-electron chi connectivity index (χ4n) is 3.03. The van der Waals surface area contributed by atoms with Gasteiger partial charge in [-0.2, -0.15) is 5.10 Å². The van der Waals surface area contributed by atoms with E-state index >= 15 is 0 Å². The van der Waals surface area contributed by atoms with Gasteiger partial charge in [0.25, 0.3) is 11.5 Å². The summed E-state index contributed by atoms with van der Waals surface area (Å²) in [6, 6.07) is 14.1. The van der Waals surface area contributed by atoms with E-state index in [0.717, 1.165) is 0 Å². The maximum atomic E-state index is 13.0. The van der Waals surface area contributed by atoms with Crippen LogP contribution in [0.2, 0.25) is 0 Å². The van der Waals surface area contributed by atoms with Crippen molar-refractivity contribution in [1.29, 1.82) is 0 Å². The number of fused-ring (bicyclic) bond motifs is 1. The highest BCUT2D eigenvalue weighted by Crippen LogP contribution is 2.16. The van der Waals surface area contributed by atoms with Crippen LogP contribution in [0.15, 0.2) is 64.6 Å². The second-order valence-electron chi connectivity index (χ2n) is 6.25. The molecule has 0 unspecified atom stereocenters. The SMILES string of the molecule is O=C(NN=Cc1c(N2CCOCC2)nc2ccccn2c1=O)c1ccccc1. The first-order valence-corrected chi connectivity index (χ1v) is 8.96. The number of aromatic nitrogens is 2. The number of pyridine rings is 1. The summed E-state index contributed by atoms with van der Waals surface area (Å²) in [5.41, 5.74) is 3.58. The normalized spacial score (nSPS) is 14.5. The maximum Gasteiger partial charge on any atom is 0.271 e.